The maximum absolute atomic E-state index is 4.46. The van der Waals surface area contributed by atoms with E-state index in [2.05, 4.69) is 25.4 Å². The first kappa shape index (κ1) is 12.3. The van der Waals surface area contributed by atoms with Gasteiger partial charge in [0.1, 0.15) is 0 Å². The minimum Gasteiger partial charge on any atom is -0.357 e. The van der Waals surface area contributed by atoms with Crippen molar-refractivity contribution in [2.24, 2.45) is 0 Å². The zero-order valence-electron chi connectivity index (χ0n) is 11.3. The van der Waals surface area contributed by atoms with Crippen LogP contribution < -0.4 is 5.32 Å². The minimum atomic E-state index is 0.491. The van der Waals surface area contributed by atoms with Crippen LogP contribution in [0.15, 0.2) is 42.7 Å². The van der Waals surface area contributed by atoms with Gasteiger partial charge < -0.3 is 5.32 Å². The number of hydrogen-bond donors (Lipinski definition) is 1. The number of nitrogens with one attached hydrogen (secondary N) is 1. The van der Waals surface area contributed by atoms with Crippen LogP contribution in [0.3, 0.4) is 0 Å². The van der Waals surface area contributed by atoms with Crippen molar-refractivity contribution in [3.05, 3.63) is 48.3 Å². The van der Waals surface area contributed by atoms with Gasteiger partial charge in [0.05, 0.1) is 0 Å². The molecule has 20 heavy (non-hydrogen) atoms. The second-order valence-electron chi connectivity index (χ2n) is 4.35. The molecule has 0 saturated carbocycles. The molecule has 0 saturated heterocycles. The number of hydrogen-bond acceptors (Lipinski definition) is 5. The zero-order valence-corrected chi connectivity index (χ0v) is 11.3. The molecule has 2 heterocycles. The highest BCUT2D eigenvalue weighted by Crippen LogP contribution is 2.17. The van der Waals surface area contributed by atoms with Gasteiger partial charge in [0.25, 0.3) is 5.95 Å². The summed E-state index contributed by atoms with van der Waals surface area (Å²) in [4.78, 5) is 13.2. The highest BCUT2D eigenvalue weighted by Gasteiger charge is 2.09. The molecule has 3 aromatic rings. The number of anilines is 1. The second-order valence-corrected chi connectivity index (χ2v) is 4.35. The molecular formula is C14H14N6. The Balaban J connectivity index is 2.11. The first-order chi connectivity index (χ1) is 9.76. The van der Waals surface area contributed by atoms with Crippen molar-refractivity contribution in [1.29, 1.82) is 0 Å². The zero-order chi connectivity index (χ0) is 13.9. The second kappa shape index (κ2) is 5.08. The van der Waals surface area contributed by atoms with Crippen molar-refractivity contribution >= 4 is 5.95 Å². The van der Waals surface area contributed by atoms with E-state index in [1.165, 1.54) is 5.56 Å². The van der Waals surface area contributed by atoms with Crippen molar-refractivity contribution in [2.75, 3.05) is 12.4 Å². The summed E-state index contributed by atoms with van der Waals surface area (Å²) in [5, 5.41) is 7.09. The third-order valence-electron chi connectivity index (χ3n) is 2.87. The van der Waals surface area contributed by atoms with Gasteiger partial charge in [-0.2, -0.15) is 20.1 Å². The summed E-state index contributed by atoms with van der Waals surface area (Å²) in [6, 6.07) is 9.89. The third-order valence-corrected chi connectivity index (χ3v) is 2.87. The SMILES string of the molecule is CNc1nc(-c2ccc(C)cc2)nc(-n2cccn2)n1. The van der Waals surface area contributed by atoms with E-state index in [4.69, 9.17) is 0 Å². The lowest BCUT2D eigenvalue weighted by Crippen LogP contribution is -2.08. The Morgan fingerprint density at radius 1 is 1.05 bits per heavy atom. The molecule has 3 rings (SSSR count). The van der Waals surface area contributed by atoms with Crippen molar-refractivity contribution < 1.29 is 0 Å². The molecule has 1 N–H and O–H groups in total. The van der Waals surface area contributed by atoms with Crippen LogP contribution in [0.5, 0.6) is 0 Å². The van der Waals surface area contributed by atoms with Crippen molar-refractivity contribution in [2.45, 2.75) is 6.92 Å². The highest BCUT2D eigenvalue weighted by atomic mass is 15.4. The molecule has 0 aliphatic carbocycles. The lowest BCUT2D eigenvalue weighted by Gasteiger charge is -2.07. The lowest BCUT2D eigenvalue weighted by atomic mass is 10.1. The molecule has 6 heteroatoms. The quantitative estimate of drug-likeness (QED) is 0.786. The van der Waals surface area contributed by atoms with E-state index in [1.807, 2.05) is 37.3 Å². The van der Waals surface area contributed by atoms with Crippen LogP contribution >= 0.6 is 0 Å². The Kier molecular flexibility index (Phi) is 3.12. The molecule has 2 aromatic heterocycles. The smallest absolute Gasteiger partial charge is 0.255 e. The van der Waals surface area contributed by atoms with E-state index >= 15 is 0 Å². The Labute approximate surface area is 116 Å². The fourth-order valence-electron chi connectivity index (χ4n) is 1.80. The molecule has 6 nitrogen and oxygen atoms in total. The molecule has 1 aromatic carbocycles. The molecule has 0 aliphatic heterocycles. The molecule has 0 unspecified atom stereocenters. The van der Waals surface area contributed by atoms with Crippen LogP contribution in [-0.2, 0) is 0 Å². The molecule has 0 radical (unpaired) electrons. The van der Waals surface area contributed by atoms with Gasteiger partial charge in [-0.1, -0.05) is 29.8 Å². The fraction of sp³-hybridized carbons (Fsp3) is 0.143. The normalized spacial score (nSPS) is 10.5. The average molecular weight is 266 g/mol. The molecule has 0 aliphatic rings. The van der Waals surface area contributed by atoms with Gasteiger partial charge in [-0.05, 0) is 13.0 Å². The summed E-state index contributed by atoms with van der Waals surface area (Å²) in [5.74, 6) is 1.63. The van der Waals surface area contributed by atoms with E-state index in [-0.39, 0.29) is 0 Å². The van der Waals surface area contributed by atoms with E-state index in [0.29, 0.717) is 17.7 Å². The first-order valence-electron chi connectivity index (χ1n) is 6.27. The Morgan fingerprint density at radius 3 is 2.50 bits per heavy atom. The van der Waals surface area contributed by atoms with Gasteiger partial charge >= 0.3 is 0 Å². The molecular weight excluding hydrogens is 252 g/mol. The molecule has 0 fully saturated rings. The molecule has 100 valence electrons. The summed E-state index contributed by atoms with van der Waals surface area (Å²) < 4.78 is 1.61. The first-order valence-corrected chi connectivity index (χ1v) is 6.27. The fourth-order valence-corrected chi connectivity index (χ4v) is 1.80. The van der Waals surface area contributed by atoms with Crippen LogP contribution in [0.25, 0.3) is 17.3 Å². The monoisotopic (exact) mass is 266 g/mol. The largest absolute Gasteiger partial charge is 0.357 e. The minimum absolute atomic E-state index is 0.491. The summed E-state index contributed by atoms with van der Waals surface area (Å²) in [7, 11) is 1.78. The van der Waals surface area contributed by atoms with Gasteiger partial charge in [0.2, 0.25) is 5.95 Å². The predicted octanol–water partition coefficient (Wildman–Crippen LogP) is 2.07. The molecule has 0 spiro atoms. The standard InChI is InChI=1S/C14H14N6/c1-10-4-6-11(7-5-10)12-17-13(15-2)19-14(18-12)20-9-3-8-16-20/h3-9H,1-2H3,(H,15,17,18,19). The van der Waals surface area contributed by atoms with Crippen molar-refractivity contribution in [3.8, 4) is 17.3 Å². The lowest BCUT2D eigenvalue weighted by molar-refractivity contribution is 0.800. The number of rotatable bonds is 3. The van der Waals surface area contributed by atoms with E-state index < -0.39 is 0 Å². The van der Waals surface area contributed by atoms with E-state index in [9.17, 15) is 0 Å². The Hall–Kier alpha value is -2.76. The van der Waals surface area contributed by atoms with Gasteiger partial charge in [-0.25, -0.2) is 4.68 Å². The van der Waals surface area contributed by atoms with Crippen molar-refractivity contribution in [1.82, 2.24) is 24.7 Å². The van der Waals surface area contributed by atoms with Crippen molar-refractivity contribution in [3.63, 3.8) is 0 Å². The van der Waals surface area contributed by atoms with Gasteiger partial charge in [-0.15, -0.1) is 0 Å². The van der Waals surface area contributed by atoms with Gasteiger partial charge in [-0.3, -0.25) is 0 Å². The molecule has 0 bridgehead atoms. The number of nitrogens with zero attached hydrogens (tertiary/aromatic N) is 5. The Bertz CT molecular complexity index is 703. The highest BCUT2D eigenvalue weighted by molar-refractivity contribution is 5.57. The summed E-state index contributed by atoms with van der Waals surface area (Å²) in [6.45, 7) is 2.05. The Morgan fingerprint density at radius 2 is 1.85 bits per heavy atom. The maximum Gasteiger partial charge on any atom is 0.255 e. The number of aromatic nitrogens is 5. The van der Waals surface area contributed by atoms with Crippen LogP contribution in [0.2, 0.25) is 0 Å². The van der Waals surface area contributed by atoms with E-state index in [1.54, 1.807) is 24.1 Å². The summed E-state index contributed by atoms with van der Waals surface area (Å²) in [6.07, 6.45) is 3.49. The average Bonchev–Trinajstić information content (AvgIpc) is 3.02. The third kappa shape index (κ3) is 2.35. The predicted molar refractivity (Wildman–Crippen MR) is 76.7 cm³/mol. The van der Waals surface area contributed by atoms with E-state index in [0.717, 1.165) is 5.56 Å². The van der Waals surface area contributed by atoms with Gasteiger partial charge in [0, 0.05) is 25.0 Å². The van der Waals surface area contributed by atoms with Crippen LogP contribution in [0.1, 0.15) is 5.56 Å². The summed E-state index contributed by atoms with van der Waals surface area (Å²) >= 11 is 0. The number of benzene rings is 1. The topological polar surface area (TPSA) is 68.5 Å². The van der Waals surface area contributed by atoms with Crippen LogP contribution in [0, 0.1) is 6.92 Å². The van der Waals surface area contributed by atoms with Crippen LogP contribution in [-0.4, -0.2) is 31.8 Å². The number of aryl methyl sites for hydroxylation is 1. The van der Waals surface area contributed by atoms with Crippen LogP contribution in [0.4, 0.5) is 5.95 Å². The van der Waals surface area contributed by atoms with Gasteiger partial charge in [0.15, 0.2) is 5.82 Å². The molecule has 0 atom stereocenters. The summed E-state index contributed by atoms with van der Waals surface area (Å²) in [5.41, 5.74) is 2.15. The molecule has 0 amide bonds. The maximum atomic E-state index is 4.46.